The van der Waals surface area contributed by atoms with E-state index >= 15 is 0 Å². The van der Waals surface area contributed by atoms with Gasteiger partial charge in [-0.05, 0) is 19.9 Å². The van der Waals surface area contributed by atoms with Gasteiger partial charge in [-0.25, -0.2) is 4.21 Å². The van der Waals surface area contributed by atoms with Gasteiger partial charge in [0.1, 0.15) is 10.6 Å². The number of hydrogen-bond donors (Lipinski definition) is 2. The van der Waals surface area contributed by atoms with Gasteiger partial charge in [0.05, 0.1) is 18.9 Å². The molecule has 0 aliphatic carbocycles. The van der Waals surface area contributed by atoms with Crippen LogP contribution in [0.3, 0.4) is 0 Å². The van der Waals surface area contributed by atoms with Crippen molar-refractivity contribution in [2.75, 3.05) is 13.2 Å². The van der Waals surface area contributed by atoms with Crippen LogP contribution in [0.1, 0.15) is 13.8 Å². The van der Waals surface area contributed by atoms with Gasteiger partial charge in [-0.15, -0.1) is 0 Å². The zero-order valence-electron chi connectivity index (χ0n) is 8.19. The number of nitrogens with two attached hydrogens (primary N) is 1. The lowest BCUT2D eigenvalue weighted by Crippen LogP contribution is -2.39. The first-order valence-corrected chi connectivity index (χ1v) is 5.31. The van der Waals surface area contributed by atoms with Crippen LogP contribution in [0.15, 0.2) is 16.1 Å². The molecule has 0 fully saturated rings. The molecule has 1 rings (SSSR count). The Bertz CT molecular complexity index is 310. The van der Waals surface area contributed by atoms with Gasteiger partial charge in [0.25, 0.3) is 0 Å². The minimum Gasteiger partial charge on any atom is -0.390 e. The second kappa shape index (κ2) is 4.20. The highest BCUT2D eigenvalue weighted by Gasteiger charge is 2.27. The molecule has 0 aromatic rings. The summed E-state index contributed by atoms with van der Waals surface area (Å²) in [5.41, 5.74) is 5.40. The molecule has 1 atom stereocenters. The number of hydrogen-bond acceptors (Lipinski definition) is 4. The monoisotopic (exact) mass is 218 g/mol. The fraction of sp³-hybridized carbons (Fsp3) is 0.625. The van der Waals surface area contributed by atoms with E-state index < -0.39 is 16.7 Å². The molecule has 0 saturated heterocycles. The Kier molecular flexibility index (Phi) is 3.41. The molecule has 1 unspecified atom stereocenters. The average Bonchev–Trinajstić information content (AvgIpc) is 2.08. The predicted octanol–water partition coefficient (Wildman–Crippen LogP) is 0.258. The van der Waals surface area contributed by atoms with Gasteiger partial charge in [0.2, 0.25) is 11.1 Å². The van der Waals surface area contributed by atoms with E-state index in [1.54, 1.807) is 0 Å². The van der Waals surface area contributed by atoms with Gasteiger partial charge in [-0.2, -0.15) is 0 Å². The molecule has 1 aliphatic rings. The Morgan fingerprint density at radius 3 is 2.93 bits per heavy atom. The van der Waals surface area contributed by atoms with Crippen LogP contribution in [0.4, 0.5) is 0 Å². The van der Waals surface area contributed by atoms with Crippen molar-refractivity contribution in [2.45, 2.75) is 19.4 Å². The molecule has 14 heavy (non-hydrogen) atoms. The van der Waals surface area contributed by atoms with Gasteiger partial charge in [0, 0.05) is 0 Å². The Hall–Kier alpha value is -0.720. The third-order valence-electron chi connectivity index (χ3n) is 1.93. The minimum atomic E-state index is -2.14. The number of aliphatic imine (C=N–C) groups is 1. The van der Waals surface area contributed by atoms with E-state index in [0.717, 1.165) is 0 Å². The van der Waals surface area contributed by atoms with Crippen molar-refractivity contribution in [1.82, 2.24) is 0 Å². The molecule has 0 saturated carbocycles. The van der Waals surface area contributed by atoms with E-state index in [0.29, 0.717) is 18.9 Å². The van der Waals surface area contributed by atoms with Crippen molar-refractivity contribution in [3.05, 3.63) is 11.1 Å². The number of nitrogens with zero attached hydrogens (tertiary/aromatic N) is 1. The smallest absolute Gasteiger partial charge is 0.203 e. The molecular weight excluding hydrogens is 204 g/mol. The van der Waals surface area contributed by atoms with E-state index in [-0.39, 0.29) is 5.03 Å². The summed E-state index contributed by atoms with van der Waals surface area (Å²) < 4.78 is 24.8. The molecule has 6 heteroatoms. The van der Waals surface area contributed by atoms with E-state index in [1.807, 2.05) is 13.8 Å². The Morgan fingerprint density at radius 2 is 2.43 bits per heavy atom. The van der Waals surface area contributed by atoms with Gasteiger partial charge in [-0.3, -0.25) is 4.99 Å². The number of rotatable bonds is 2. The average molecular weight is 218 g/mol. The van der Waals surface area contributed by atoms with Gasteiger partial charge < -0.3 is 15.0 Å². The van der Waals surface area contributed by atoms with Crippen molar-refractivity contribution in [3.63, 3.8) is 0 Å². The van der Waals surface area contributed by atoms with E-state index in [9.17, 15) is 4.21 Å². The lowest BCUT2D eigenvalue weighted by Gasteiger charge is -2.29. The fourth-order valence-corrected chi connectivity index (χ4v) is 1.35. The molecule has 80 valence electrons. The van der Waals surface area contributed by atoms with Crippen LogP contribution in [-0.4, -0.2) is 33.2 Å². The molecule has 1 aliphatic heterocycles. The van der Waals surface area contributed by atoms with Crippen LogP contribution < -0.4 is 5.73 Å². The zero-order valence-corrected chi connectivity index (χ0v) is 9.00. The first-order chi connectivity index (χ1) is 6.43. The summed E-state index contributed by atoms with van der Waals surface area (Å²) in [6.45, 7) is 4.80. The maximum absolute atomic E-state index is 10.6. The first kappa shape index (κ1) is 11.4. The highest BCUT2D eigenvalue weighted by Crippen LogP contribution is 2.17. The zero-order chi connectivity index (χ0) is 10.8. The van der Waals surface area contributed by atoms with Crippen molar-refractivity contribution in [1.29, 1.82) is 0 Å². The SMILES string of the molecule is CC1(C)OCCN=C1C=C(N)S(=O)O. The second-order valence-electron chi connectivity index (χ2n) is 3.42. The van der Waals surface area contributed by atoms with Crippen molar-refractivity contribution in [3.8, 4) is 0 Å². The first-order valence-electron chi connectivity index (χ1n) is 4.20. The van der Waals surface area contributed by atoms with E-state index in [4.69, 9.17) is 15.0 Å². The van der Waals surface area contributed by atoms with Crippen LogP contribution in [0, 0.1) is 0 Å². The van der Waals surface area contributed by atoms with Crippen LogP contribution >= 0.6 is 0 Å². The molecule has 0 aromatic heterocycles. The van der Waals surface area contributed by atoms with Crippen LogP contribution in [0.5, 0.6) is 0 Å². The predicted molar refractivity (Wildman–Crippen MR) is 55.4 cm³/mol. The van der Waals surface area contributed by atoms with Crippen molar-refractivity contribution < 1.29 is 13.5 Å². The molecule has 0 amide bonds. The third kappa shape index (κ3) is 2.63. The molecular formula is C8H14N2O3S. The molecule has 0 aromatic carbocycles. The summed E-state index contributed by atoms with van der Waals surface area (Å²) in [5.74, 6) is 0. The van der Waals surface area contributed by atoms with E-state index in [1.165, 1.54) is 6.08 Å². The van der Waals surface area contributed by atoms with E-state index in [2.05, 4.69) is 4.99 Å². The Labute approximate surface area is 85.3 Å². The normalized spacial score (nSPS) is 24.2. The summed E-state index contributed by atoms with van der Waals surface area (Å²) in [5, 5.41) is -0.109. The van der Waals surface area contributed by atoms with Crippen molar-refractivity contribution >= 4 is 16.8 Å². The molecule has 3 N–H and O–H groups in total. The summed E-state index contributed by atoms with van der Waals surface area (Å²) in [6, 6.07) is 0. The Morgan fingerprint density at radius 1 is 1.79 bits per heavy atom. The van der Waals surface area contributed by atoms with Gasteiger partial charge >= 0.3 is 0 Å². The summed E-state index contributed by atoms with van der Waals surface area (Å²) >= 11 is -2.14. The van der Waals surface area contributed by atoms with Crippen LogP contribution in [0.2, 0.25) is 0 Å². The molecule has 0 radical (unpaired) electrons. The maximum Gasteiger partial charge on any atom is 0.203 e. The Balaban J connectivity index is 2.92. The number of ether oxygens (including phenoxy) is 1. The quantitative estimate of drug-likeness (QED) is 0.651. The summed E-state index contributed by atoms with van der Waals surface area (Å²) in [4.78, 5) is 4.19. The standard InChI is InChI=1S/C8H14N2O3S/c1-8(2)6(10-3-4-13-8)5-7(9)14(11)12/h5H,3-4,9H2,1-2H3,(H,11,12). The van der Waals surface area contributed by atoms with Crippen molar-refractivity contribution in [2.24, 2.45) is 10.7 Å². The minimum absolute atomic E-state index is 0.109. The third-order valence-corrected chi connectivity index (χ3v) is 2.45. The highest BCUT2D eigenvalue weighted by molar-refractivity contribution is 7.83. The second-order valence-corrected chi connectivity index (χ2v) is 4.39. The highest BCUT2D eigenvalue weighted by atomic mass is 32.2. The van der Waals surface area contributed by atoms with Crippen LogP contribution in [-0.2, 0) is 15.8 Å². The topological polar surface area (TPSA) is 84.9 Å². The summed E-state index contributed by atoms with van der Waals surface area (Å²) in [7, 11) is 0. The fourth-order valence-electron chi connectivity index (χ4n) is 1.14. The summed E-state index contributed by atoms with van der Waals surface area (Å²) in [6.07, 6.45) is 1.40. The van der Waals surface area contributed by atoms with Gasteiger partial charge in [0.15, 0.2) is 0 Å². The lowest BCUT2D eigenvalue weighted by atomic mass is 10.0. The maximum atomic E-state index is 10.6. The molecule has 0 spiro atoms. The lowest BCUT2D eigenvalue weighted by molar-refractivity contribution is 0.0322. The molecule has 0 bridgehead atoms. The molecule has 5 nitrogen and oxygen atoms in total. The van der Waals surface area contributed by atoms with Gasteiger partial charge in [-0.1, -0.05) is 0 Å². The largest absolute Gasteiger partial charge is 0.390 e. The molecule has 1 heterocycles. The van der Waals surface area contributed by atoms with Crippen LogP contribution in [0.25, 0.3) is 0 Å².